The van der Waals surface area contributed by atoms with Crippen molar-refractivity contribution in [3.63, 3.8) is 0 Å². The number of esters is 1. The summed E-state index contributed by atoms with van der Waals surface area (Å²) in [7, 11) is -4.06. The summed E-state index contributed by atoms with van der Waals surface area (Å²) >= 11 is 0. The average Bonchev–Trinajstić information content (AvgIpc) is 3.04. The van der Waals surface area contributed by atoms with Crippen molar-refractivity contribution in [3.8, 4) is 0 Å². The number of primary sulfonamides is 1. The Morgan fingerprint density at radius 2 is 1.84 bits per heavy atom. The van der Waals surface area contributed by atoms with Gasteiger partial charge in [-0.25, -0.2) is 18.4 Å². The van der Waals surface area contributed by atoms with Crippen LogP contribution in [0.1, 0.15) is 28.6 Å². The van der Waals surface area contributed by atoms with Crippen LogP contribution in [0.4, 0.5) is 0 Å². The van der Waals surface area contributed by atoms with Crippen LogP contribution >= 0.6 is 0 Å². The number of carbonyl (C=O) groups is 2. The minimum absolute atomic E-state index is 0.289. The van der Waals surface area contributed by atoms with E-state index in [4.69, 9.17) is 14.3 Å². The van der Waals surface area contributed by atoms with E-state index in [-0.39, 0.29) is 12.3 Å². The first-order valence-electron chi connectivity index (χ1n) is 7.33. The molecule has 0 fully saturated rings. The number of benzene rings is 1. The molecule has 0 radical (unpaired) electrons. The van der Waals surface area contributed by atoms with Crippen molar-refractivity contribution >= 4 is 21.9 Å². The number of sulfonamides is 1. The van der Waals surface area contributed by atoms with Gasteiger partial charge in [0, 0.05) is 6.54 Å². The van der Waals surface area contributed by atoms with Crippen LogP contribution < -0.4 is 10.5 Å². The first kappa shape index (κ1) is 18.7. The Bertz CT molecular complexity index is 870. The van der Waals surface area contributed by atoms with Crippen LogP contribution in [0.25, 0.3) is 0 Å². The second-order valence-corrected chi connectivity index (χ2v) is 6.91. The molecule has 1 atom stereocenters. The zero-order valence-electron chi connectivity index (χ0n) is 13.7. The first-order valence-corrected chi connectivity index (χ1v) is 8.88. The van der Waals surface area contributed by atoms with Gasteiger partial charge in [-0.05, 0) is 31.5 Å². The van der Waals surface area contributed by atoms with Crippen molar-refractivity contribution in [2.45, 2.75) is 31.6 Å². The normalized spacial score (nSPS) is 12.4. The van der Waals surface area contributed by atoms with Gasteiger partial charge in [-0.1, -0.05) is 29.8 Å². The molecule has 9 heteroatoms. The van der Waals surface area contributed by atoms with Crippen LogP contribution in [0.15, 0.2) is 45.9 Å². The second-order valence-electron chi connectivity index (χ2n) is 5.41. The number of furan rings is 1. The molecule has 1 amide bonds. The fourth-order valence-electron chi connectivity index (χ4n) is 1.89. The fourth-order valence-corrected chi connectivity index (χ4v) is 2.36. The molecule has 0 spiro atoms. The quantitative estimate of drug-likeness (QED) is 0.737. The maximum atomic E-state index is 12.0. The Balaban J connectivity index is 1.90. The van der Waals surface area contributed by atoms with Crippen LogP contribution in [0.5, 0.6) is 0 Å². The monoisotopic (exact) mass is 366 g/mol. The molecule has 0 bridgehead atoms. The Labute approximate surface area is 145 Å². The molecule has 134 valence electrons. The number of nitrogens with one attached hydrogen (secondary N) is 1. The molecule has 2 rings (SSSR count). The molecule has 1 aromatic heterocycles. The van der Waals surface area contributed by atoms with E-state index < -0.39 is 33.1 Å². The van der Waals surface area contributed by atoms with Gasteiger partial charge < -0.3 is 14.5 Å². The van der Waals surface area contributed by atoms with Gasteiger partial charge in [0.2, 0.25) is 10.9 Å². The Morgan fingerprint density at radius 1 is 1.20 bits per heavy atom. The number of carbonyl (C=O) groups excluding carboxylic acids is 2. The predicted octanol–water partition coefficient (Wildman–Crippen LogP) is 1.10. The number of hydrogen-bond donors (Lipinski definition) is 2. The highest BCUT2D eigenvalue weighted by atomic mass is 32.2. The van der Waals surface area contributed by atoms with E-state index in [1.54, 1.807) is 0 Å². The molecule has 0 saturated carbocycles. The lowest BCUT2D eigenvalue weighted by Crippen LogP contribution is -2.35. The van der Waals surface area contributed by atoms with Gasteiger partial charge in [0.25, 0.3) is 15.9 Å². The highest BCUT2D eigenvalue weighted by Crippen LogP contribution is 2.14. The van der Waals surface area contributed by atoms with Gasteiger partial charge in [-0.3, -0.25) is 4.79 Å². The van der Waals surface area contributed by atoms with Gasteiger partial charge in [-0.15, -0.1) is 0 Å². The molecule has 1 aromatic carbocycles. The molecular formula is C16H18N2O6S. The van der Waals surface area contributed by atoms with E-state index in [0.29, 0.717) is 0 Å². The standard InChI is InChI=1S/C16H18N2O6S/c1-10-3-5-12(6-4-10)9-18-15(19)11(2)23-16(20)13-7-8-14(24-13)25(17,21)22/h3-8,11H,9H2,1-2H3,(H,18,19)(H2,17,21,22). The number of amides is 1. The van der Waals surface area contributed by atoms with E-state index in [1.807, 2.05) is 31.2 Å². The van der Waals surface area contributed by atoms with E-state index in [1.165, 1.54) is 6.92 Å². The molecule has 1 unspecified atom stereocenters. The topological polar surface area (TPSA) is 129 Å². The number of aryl methyl sites for hydroxylation is 1. The van der Waals surface area contributed by atoms with Crippen molar-refractivity contribution in [2.75, 3.05) is 0 Å². The van der Waals surface area contributed by atoms with Crippen molar-refractivity contribution in [2.24, 2.45) is 5.14 Å². The summed E-state index contributed by atoms with van der Waals surface area (Å²) in [6.45, 7) is 3.64. The zero-order valence-corrected chi connectivity index (χ0v) is 14.5. The molecule has 0 saturated heterocycles. The SMILES string of the molecule is Cc1ccc(CNC(=O)C(C)OC(=O)c2ccc(S(N)(=O)=O)o2)cc1. The third-order valence-electron chi connectivity index (χ3n) is 3.30. The Kier molecular flexibility index (Phi) is 5.60. The van der Waals surface area contributed by atoms with Crippen LogP contribution in [0.2, 0.25) is 0 Å². The summed E-state index contributed by atoms with van der Waals surface area (Å²) in [5, 5.41) is 6.97. The Morgan fingerprint density at radius 3 is 2.40 bits per heavy atom. The minimum Gasteiger partial charge on any atom is -0.447 e. The molecule has 0 aliphatic carbocycles. The zero-order chi connectivity index (χ0) is 18.6. The lowest BCUT2D eigenvalue weighted by atomic mass is 10.1. The number of hydrogen-bond acceptors (Lipinski definition) is 6. The van der Waals surface area contributed by atoms with Crippen LogP contribution in [-0.2, 0) is 26.1 Å². The number of rotatable bonds is 6. The van der Waals surface area contributed by atoms with Crippen LogP contribution in [-0.4, -0.2) is 26.4 Å². The first-order chi connectivity index (χ1) is 11.7. The van der Waals surface area contributed by atoms with Crippen molar-refractivity contribution in [1.29, 1.82) is 0 Å². The number of ether oxygens (including phenoxy) is 1. The van der Waals surface area contributed by atoms with E-state index in [9.17, 15) is 18.0 Å². The maximum Gasteiger partial charge on any atom is 0.375 e. The van der Waals surface area contributed by atoms with Crippen molar-refractivity contribution < 1.29 is 27.2 Å². The lowest BCUT2D eigenvalue weighted by molar-refractivity contribution is -0.129. The third-order valence-corrected chi connectivity index (χ3v) is 4.08. The fraction of sp³-hybridized carbons (Fsp3) is 0.250. The second kappa shape index (κ2) is 7.49. The third kappa shape index (κ3) is 5.16. The van der Waals surface area contributed by atoms with Gasteiger partial charge >= 0.3 is 5.97 Å². The summed E-state index contributed by atoms with van der Waals surface area (Å²) in [4.78, 5) is 23.9. The van der Waals surface area contributed by atoms with E-state index in [0.717, 1.165) is 23.3 Å². The van der Waals surface area contributed by atoms with Crippen molar-refractivity contribution in [1.82, 2.24) is 5.32 Å². The average molecular weight is 366 g/mol. The number of nitrogens with two attached hydrogens (primary N) is 1. The predicted molar refractivity (Wildman–Crippen MR) is 88.0 cm³/mol. The molecule has 25 heavy (non-hydrogen) atoms. The van der Waals surface area contributed by atoms with Gasteiger partial charge in [0.1, 0.15) is 0 Å². The van der Waals surface area contributed by atoms with Gasteiger partial charge in [-0.2, -0.15) is 0 Å². The molecule has 2 aromatic rings. The molecule has 8 nitrogen and oxygen atoms in total. The smallest absolute Gasteiger partial charge is 0.375 e. The highest BCUT2D eigenvalue weighted by Gasteiger charge is 2.23. The molecular weight excluding hydrogens is 348 g/mol. The van der Waals surface area contributed by atoms with Gasteiger partial charge in [0.05, 0.1) is 0 Å². The summed E-state index contributed by atoms with van der Waals surface area (Å²) in [5.74, 6) is -1.82. The summed E-state index contributed by atoms with van der Waals surface area (Å²) in [5.41, 5.74) is 2.01. The van der Waals surface area contributed by atoms with E-state index in [2.05, 4.69) is 5.32 Å². The molecule has 0 aliphatic rings. The van der Waals surface area contributed by atoms with E-state index >= 15 is 0 Å². The van der Waals surface area contributed by atoms with Crippen LogP contribution in [0, 0.1) is 6.92 Å². The largest absolute Gasteiger partial charge is 0.447 e. The molecule has 0 aliphatic heterocycles. The minimum atomic E-state index is -4.06. The molecule has 1 heterocycles. The Hall–Kier alpha value is -2.65. The summed E-state index contributed by atoms with van der Waals surface area (Å²) < 4.78 is 32.0. The lowest BCUT2D eigenvalue weighted by Gasteiger charge is -2.12. The maximum absolute atomic E-state index is 12.0. The van der Waals surface area contributed by atoms with Gasteiger partial charge in [0.15, 0.2) is 6.10 Å². The highest BCUT2D eigenvalue weighted by molar-refractivity contribution is 7.89. The molecule has 3 N–H and O–H groups in total. The summed E-state index contributed by atoms with van der Waals surface area (Å²) in [6.07, 6.45) is -1.08. The summed E-state index contributed by atoms with van der Waals surface area (Å²) in [6, 6.07) is 9.75. The van der Waals surface area contributed by atoms with Crippen LogP contribution in [0.3, 0.4) is 0 Å². The van der Waals surface area contributed by atoms with Crippen molar-refractivity contribution in [3.05, 3.63) is 53.3 Å².